The second-order valence-corrected chi connectivity index (χ2v) is 7.90. The van der Waals surface area contributed by atoms with Crippen LogP contribution in [-0.4, -0.2) is 30.3 Å². The number of azide groups is 1. The van der Waals surface area contributed by atoms with Crippen LogP contribution in [0.4, 0.5) is 10.5 Å². The van der Waals surface area contributed by atoms with Gasteiger partial charge in [0.15, 0.2) is 5.78 Å². The van der Waals surface area contributed by atoms with Crippen LogP contribution < -0.4 is 4.90 Å². The number of carbonyl (C=O) groups excluding carboxylic acids is 3. The summed E-state index contributed by atoms with van der Waals surface area (Å²) in [6, 6.07) is 13.8. The Bertz CT molecular complexity index is 1120. The van der Waals surface area contributed by atoms with E-state index in [0.717, 1.165) is 5.56 Å². The van der Waals surface area contributed by atoms with Gasteiger partial charge in [-0.3, -0.25) is 14.5 Å². The molecule has 1 aliphatic heterocycles. The van der Waals surface area contributed by atoms with Gasteiger partial charge in [0.05, 0.1) is 24.2 Å². The molecule has 4 rings (SSSR count). The summed E-state index contributed by atoms with van der Waals surface area (Å²) in [6.07, 6.45) is 1.16. The zero-order chi connectivity index (χ0) is 22.7. The zero-order valence-corrected chi connectivity index (χ0v) is 17.4. The number of fused-ring (bicyclic) bond motifs is 2. The fraction of sp³-hybridized carbons (Fsp3) is 0.292. The highest BCUT2D eigenvalue weighted by atomic mass is 16.6. The molecule has 1 saturated carbocycles. The number of nitrogens with zero attached hydrogens (tertiary/aromatic N) is 4. The summed E-state index contributed by atoms with van der Waals surface area (Å²) in [4.78, 5) is 43.7. The van der Waals surface area contributed by atoms with Crippen molar-refractivity contribution in [3.8, 4) is 0 Å². The molecule has 0 radical (unpaired) electrons. The van der Waals surface area contributed by atoms with E-state index in [-0.39, 0.29) is 43.5 Å². The third kappa shape index (κ3) is 3.88. The zero-order valence-electron chi connectivity index (χ0n) is 17.4. The molecule has 3 atom stereocenters. The van der Waals surface area contributed by atoms with Gasteiger partial charge in [-0.05, 0) is 28.8 Å². The lowest BCUT2D eigenvalue weighted by molar-refractivity contribution is -0.121. The highest BCUT2D eigenvalue weighted by Gasteiger charge is 2.51. The molecule has 1 aliphatic carbocycles. The Morgan fingerprint density at radius 2 is 2.00 bits per heavy atom. The molecule has 8 nitrogen and oxygen atoms in total. The van der Waals surface area contributed by atoms with Gasteiger partial charge in [0, 0.05) is 29.2 Å². The molecule has 8 heteroatoms. The molecule has 3 unspecified atom stereocenters. The van der Waals surface area contributed by atoms with Crippen LogP contribution in [0, 0.1) is 5.92 Å². The molecular formula is C24H22N4O4. The molecule has 2 aromatic rings. The number of Topliss-reactive ketones (excluding diaryl/α,β-unsaturated/α-hetero) is 2. The molecule has 1 heterocycles. The van der Waals surface area contributed by atoms with Crippen molar-refractivity contribution in [1.29, 1.82) is 0 Å². The van der Waals surface area contributed by atoms with Gasteiger partial charge in [0.25, 0.3) is 0 Å². The van der Waals surface area contributed by atoms with Gasteiger partial charge in [-0.1, -0.05) is 54.2 Å². The second-order valence-electron chi connectivity index (χ2n) is 7.90. The Labute approximate surface area is 185 Å². The average Bonchev–Trinajstić information content (AvgIpc) is 2.81. The van der Waals surface area contributed by atoms with E-state index in [1.165, 1.54) is 11.0 Å². The Balaban J connectivity index is 1.85. The number of benzene rings is 2. The van der Waals surface area contributed by atoms with Crippen molar-refractivity contribution in [1.82, 2.24) is 0 Å². The number of hydrogen-bond acceptors (Lipinski definition) is 5. The fourth-order valence-corrected chi connectivity index (χ4v) is 4.71. The largest absolute Gasteiger partial charge is 0.445 e. The van der Waals surface area contributed by atoms with Gasteiger partial charge in [0.2, 0.25) is 0 Å². The number of hydrogen-bond donors (Lipinski definition) is 0. The predicted octanol–water partition coefficient (Wildman–Crippen LogP) is 4.95. The number of ether oxygens (including phenoxy) is 1. The predicted molar refractivity (Wildman–Crippen MR) is 118 cm³/mol. The monoisotopic (exact) mass is 430 g/mol. The molecule has 0 N–H and O–H groups in total. The summed E-state index contributed by atoms with van der Waals surface area (Å²) in [7, 11) is 0. The maximum atomic E-state index is 13.7. The molecule has 1 amide bonds. The molecular weight excluding hydrogens is 408 g/mol. The number of anilines is 1. The summed E-state index contributed by atoms with van der Waals surface area (Å²) in [6.45, 7) is 3.68. The van der Waals surface area contributed by atoms with E-state index in [2.05, 4.69) is 16.6 Å². The van der Waals surface area contributed by atoms with E-state index < -0.39 is 18.1 Å². The SMILES string of the molecule is C=CCOC(=O)N1c2ccc(CN=[N+]=[N-])cc2C(=O)C2C(c3ccccc3)CC(=O)CC21. The average molecular weight is 430 g/mol. The van der Waals surface area contributed by atoms with Crippen LogP contribution in [0.2, 0.25) is 0 Å². The Morgan fingerprint density at radius 1 is 1.22 bits per heavy atom. The first-order chi connectivity index (χ1) is 15.5. The van der Waals surface area contributed by atoms with Crippen molar-refractivity contribution in [3.05, 3.63) is 88.3 Å². The van der Waals surface area contributed by atoms with Gasteiger partial charge in [-0.2, -0.15) is 0 Å². The third-order valence-electron chi connectivity index (χ3n) is 6.02. The number of rotatable bonds is 5. The highest BCUT2D eigenvalue weighted by Crippen LogP contribution is 2.46. The Hall–Kier alpha value is -3.90. The first kappa shape index (κ1) is 21.3. The summed E-state index contributed by atoms with van der Waals surface area (Å²) in [5, 5.41) is 3.57. The molecule has 0 aromatic heterocycles. The first-order valence-electron chi connectivity index (χ1n) is 10.4. The van der Waals surface area contributed by atoms with Crippen molar-refractivity contribution in [2.75, 3.05) is 11.5 Å². The van der Waals surface area contributed by atoms with Crippen molar-refractivity contribution < 1.29 is 19.1 Å². The summed E-state index contributed by atoms with van der Waals surface area (Å²) >= 11 is 0. The summed E-state index contributed by atoms with van der Waals surface area (Å²) in [5.41, 5.74) is 10.9. The minimum absolute atomic E-state index is 0.00199. The Morgan fingerprint density at radius 3 is 2.72 bits per heavy atom. The lowest BCUT2D eigenvalue weighted by Gasteiger charge is -2.46. The van der Waals surface area contributed by atoms with Gasteiger partial charge in [-0.15, -0.1) is 0 Å². The highest BCUT2D eigenvalue weighted by molar-refractivity contribution is 6.11. The van der Waals surface area contributed by atoms with Gasteiger partial charge in [-0.25, -0.2) is 4.79 Å². The fourth-order valence-electron chi connectivity index (χ4n) is 4.71. The van der Waals surface area contributed by atoms with E-state index in [9.17, 15) is 14.4 Å². The summed E-state index contributed by atoms with van der Waals surface area (Å²) < 4.78 is 5.32. The van der Waals surface area contributed by atoms with Crippen LogP contribution in [0.3, 0.4) is 0 Å². The van der Waals surface area contributed by atoms with E-state index in [1.807, 2.05) is 30.3 Å². The van der Waals surface area contributed by atoms with Crippen molar-refractivity contribution in [2.45, 2.75) is 31.3 Å². The quantitative estimate of drug-likeness (QED) is 0.289. The maximum absolute atomic E-state index is 13.7. The van der Waals surface area contributed by atoms with Crippen LogP contribution in [0.15, 0.2) is 66.3 Å². The van der Waals surface area contributed by atoms with Crippen molar-refractivity contribution in [3.63, 3.8) is 0 Å². The maximum Gasteiger partial charge on any atom is 0.414 e. The lowest BCUT2D eigenvalue weighted by Crippen LogP contribution is -2.56. The van der Waals surface area contributed by atoms with Gasteiger partial charge < -0.3 is 4.74 Å². The lowest BCUT2D eigenvalue weighted by atomic mass is 9.66. The van der Waals surface area contributed by atoms with Crippen LogP contribution >= 0.6 is 0 Å². The molecule has 2 aliphatic rings. The smallest absolute Gasteiger partial charge is 0.414 e. The molecule has 162 valence electrons. The molecule has 0 bridgehead atoms. The van der Waals surface area contributed by atoms with Crippen molar-refractivity contribution in [2.24, 2.45) is 11.0 Å². The molecule has 0 spiro atoms. The van der Waals surface area contributed by atoms with Crippen LogP contribution in [-0.2, 0) is 16.1 Å². The van der Waals surface area contributed by atoms with Crippen LogP contribution in [0.1, 0.15) is 40.2 Å². The molecule has 2 aromatic carbocycles. The molecule has 1 fully saturated rings. The second kappa shape index (κ2) is 9.08. The topological polar surface area (TPSA) is 112 Å². The minimum Gasteiger partial charge on any atom is -0.445 e. The van der Waals surface area contributed by atoms with Crippen LogP contribution in [0.25, 0.3) is 10.4 Å². The molecule has 0 saturated heterocycles. The standard InChI is InChI=1S/C24H22N4O4/c1-2-10-32-24(31)28-20-9-8-15(14-26-27-25)11-19(20)23(30)22-18(12-17(29)13-21(22)28)16-6-4-3-5-7-16/h2-9,11,18,21-22H,1,10,12-14H2. The number of amides is 1. The summed E-state index contributed by atoms with van der Waals surface area (Å²) in [5.74, 6) is -1.06. The van der Waals surface area contributed by atoms with E-state index >= 15 is 0 Å². The first-order valence-corrected chi connectivity index (χ1v) is 10.4. The van der Waals surface area contributed by atoms with E-state index in [1.54, 1.807) is 18.2 Å². The van der Waals surface area contributed by atoms with Gasteiger partial charge >= 0.3 is 6.09 Å². The van der Waals surface area contributed by atoms with Crippen molar-refractivity contribution >= 4 is 23.3 Å². The number of carbonyl (C=O) groups is 3. The van der Waals surface area contributed by atoms with Gasteiger partial charge in [0.1, 0.15) is 12.4 Å². The van der Waals surface area contributed by atoms with E-state index in [0.29, 0.717) is 16.8 Å². The minimum atomic E-state index is -0.637. The normalized spacial score (nSPS) is 21.8. The Kier molecular flexibility index (Phi) is 6.05. The van der Waals surface area contributed by atoms with E-state index in [4.69, 9.17) is 10.3 Å². The third-order valence-corrected chi connectivity index (χ3v) is 6.02. The van der Waals surface area contributed by atoms with Crippen LogP contribution in [0.5, 0.6) is 0 Å². The number of ketones is 2. The molecule has 32 heavy (non-hydrogen) atoms.